The van der Waals surface area contributed by atoms with Crippen molar-refractivity contribution in [2.45, 2.75) is 6.54 Å². The van der Waals surface area contributed by atoms with Crippen LogP contribution in [0, 0.1) is 5.82 Å². The van der Waals surface area contributed by atoms with Gasteiger partial charge in [-0.05, 0) is 42.0 Å². The zero-order chi connectivity index (χ0) is 17.1. The SMILES string of the molecule is CN(Cc1cccc(F)c1)C(=O)c1ccc(N2CCNC2=O)cc1. The lowest BCUT2D eigenvalue weighted by atomic mass is 10.1. The van der Waals surface area contributed by atoms with Crippen molar-refractivity contribution in [1.82, 2.24) is 10.2 Å². The molecule has 24 heavy (non-hydrogen) atoms. The minimum absolute atomic E-state index is 0.128. The number of nitrogens with zero attached hydrogens (tertiary/aromatic N) is 2. The van der Waals surface area contributed by atoms with Gasteiger partial charge in [0.15, 0.2) is 0 Å². The van der Waals surface area contributed by atoms with Crippen LogP contribution >= 0.6 is 0 Å². The van der Waals surface area contributed by atoms with Crippen molar-refractivity contribution in [3.8, 4) is 0 Å². The summed E-state index contributed by atoms with van der Waals surface area (Å²) in [5, 5.41) is 2.74. The predicted molar refractivity (Wildman–Crippen MR) is 89.4 cm³/mol. The highest BCUT2D eigenvalue weighted by Crippen LogP contribution is 2.18. The van der Waals surface area contributed by atoms with Crippen molar-refractivity contribution in [3.05, 3.63) is 65.5 Å². The Labute approximate surface area is 139 Å². The van der Waals surface area contributed by atoms with Gasteiger partial charge in [0.1, 0.15) is 5.82 Å². The number of amides is 3. The van der Waals surface area contributed by atoms with Gasteiger partial charge in [-0.2, -0.15) is 0 Å². The number of anilines is 1. The second kappa shape index (κ2) is 6.70. The van der Waals surface area contributed by atoms with Gasteiger partial charge in [0.25, 0.3) is 5.91 Å². The van der Waals surface area contributed by atoms with Crippen molar-refractivity contribution < 1.29 is 14.0 Å². The summed E-state index contributed by atoms with van der Waals surface area (Å²) in [5.41, 5.74) is 2.02. The molecular formula is C18H18FN3O2. The fourth-order valence-corrected chi connectivity index (χ4v) is 2.70. The summed E-state index contributed by atoms with van der Waals surface area (Å²) in [7, 11) is 1.68. The first-order valence-corrected chi connectivity index (χ1v) is 7.70. The molecule has 0 spiro atoms. The summed E-state index contributed by atoms with van der Waals surface area (Å²) in [4.78, 5) is 27.3. The van der Waals surface area contributed by atoms with Crippen LogP contribution in [0.5, 0.6) is 0 Å². The van der Waals surface area contributed by atoms with Gasteiger partial charge in [0, 0.05) is 37.9 Å². The van der Waals surface area contributed by atoms with Gasteiger partial charge in [-0.15, -0.1) is 0 Å². The van der Waals surface area contributed by atoms with Gasteiger partial charge in [-0.3, -0.25) is 9.69 Å². The number of hydrogen-bond acceptors (Lipinski definition) is 2. The quantitative estimate of drug-likeness (QED) is 0.938. The molecule has 2 aromatic rings. The van der Waals surface area contributed by atoms with Crippen LogP contribution in [0.1, 0.15) is 15.9 Å². The normalized spacial score (nSPS) is 13.8. The molecule has 1 aliphatic rings. The summed E-state index contributed by atoms with van der Waals surface area (Å²) >= 11 is 0. The van der Waals surface area contributed by atoms with Crippen molar-refractivity contribution in [3.63, 3.8) is 0 Å². The maximum Gasteiger partial charge on any atom is 0.321 e. The van der Waals surface area contributed by atoms with Gasteiger partial charge in [0.05, 0.1) is 0 Å². The van der Waals surface area contributed by atoms with Gasteiger partial charge in [0.2, 0.25) is 0 Å². The van der Waals surface area contributed by atoms with E-state index in [0.29, 0.717) is 25.2 Å². The molecule has 0 atom stereocenters. The molecule has 0 saturated carbocycles. The van der Waals surface area contributed by atoms with E-state index in [1.807, 2.05) is 0 Å². The second-order valence-electron chi connectivity index (χ2n) is 5.72. The van der Waals surface area contributed by atoms with Crippen molar-refractivity contribution in [1.29, 1.82) is 0 Å². The Morgan fingerprint density at radius 1 is 1.25 bits per heavy atom. The van der Waals surface area contributed by atoms with Crippen LogP contribution in [0.25, 0.3) is 0 Å². The predicted octanol–water partition coefficient (Wildman–Crippen LogP) is 2.63. The topological polar surface area (TPSA) is 52.7 Å². The standard InChI is InChI=1S/C18H18FN3O2/c1-21(12-13-3-2-4-15(19)11-13)17(23)14-5-7-16(8-6-14)22-10-9-20-18(22)24/h2-8,11H,9-10,12H2,1H3,(H,20,24). The third-order valence-corrected chi connectivity index (χ3v) is 3.94. The molecule has 0 radical (unpaired) electrons. The van der Waals surface area contributed by atoms with Gasteiger partial charge in [-0.1, -0.05) is 12.1 Å². The Hall–Kier alpha value is -2.89. The largest absolute Gasteiger partial charge is 0.337 e. The van der Waals surface area contributed by atoms with Crippen LogP contribution in [-0.4, -0.2) is 37.0 Å². The molecule has 0 aliphatic carbocycles. The summed E-state index contributed by atoms with van der Waals surface area (Å²) in [5.74, 6) is -0.474. The molecule has 5 nitrogen and oxygen atoms in total. The zero-order valence-electron chi connectivity index (χ0n) is 13.3. The number of hydrogen-bond donors (Lipinski definition) is 1. The summed E-state index contributed by atoms with van der Waals surface area (Å²) in [6.45, 7) is 1.56. The van der Waals surface area contributed by atoms with Crippen LogP contribution in [0.15, 0.2) is 48.5 Å². The lowest BCUT2D eigenvalue weighted by Gasteiger charge is -2.18. The van der Waals surface area contributed by atoms with E-state index < -0.39 is 0 Å². The highest BCUT2D eigenvalue weighted by Gasteiger charge is 2.21. The molecule has 3 rings (SSSR count). The van der Waals surface area contributed by atoms with Gasteiger partial charge < -0.3 is 10.2 Å². The van der Waals surface area contributed by atoms with Crippen LogP contribution in [0.3, 0.4) is 0 Å². The average Bonchev–Trinajstić information content (AvgIpc) is 3.00. The molecule has 1 aliphatic heterocycles. The maximum absolute atomic E-state index is 13.2. The molecule has 0 aromatic heterocycles. The molecule has 1 fully saturated rings. The molecule has 1 N–H and O–H groups in total. The van der Waals surface area contributed by atoms with Crippen molar-refractivity contribution in [2.24, 2.45) is 0 Å². The smallest absolute Gasteiger partial charge is 0.321 e. The van der Waals surface area contributed by atoms with Gasteiger partial charge >= 0.3 is 6.03 Å². The number of halogens is 1. The molecular weight excluding hydrogens is 309 g/mol. The number of rotatable bonds is 4. The Morgan fingerprint density at radius 2 is 2.00 bits per heavy atom. The van der Waals surface area contributed by atoms with Crippen molar-refractivity contribution in [2.75, 3.05) is 25.0 Å². The average molecular weight is 327 g/mol. The van der Waals surface area contributed by atoms with E-state index >= 15 is 0 Å². The Morgan fingerprint density at radius 3 is 2.62 bits per heavy atom. The van der Waals surface area contributed by atoms with E-state index in [1.54, 1.807) is 48.3 Å². The summed E-state index contributed by atoms with van der Waals surface area (Å²) in [6, 6.07) is 13.0. The Balaban J connectivity index is 1.69. The van der Waals surface area contributed by atoms with Crippen LogP contribution in [-0.2, 0) is 6.54 Å². The number of carbonyl (C=O) groups is 2. The lowest BCUT2D eigenvalue weighted by molar-refractivity contribution is 0.0785. The number of nitrogens with one attached hydrogen (secondary N) is 1. The highest BCUT2D eigenvalue weighted by molar-refractivity contribution is 5.96. The molecule has 0 bridgehead atoms. The third kappa shape index (κ3) is 3.37. The number of urea groups is 1. The van der Waals surface area contributed by atoms with E-state index in [0.717, 1.165) is 11.3 Å². The Bertz CT molecular complexity index is 761. The van der Waals surface area contributed by atoms with E-state index in [4.69, 9.17) is 0 Å². The molecule has 1 saturated heterocycles. The van der Waals surface area contributed by atoms with Gasteiger partial charge in [-0.25, -0.2) is 9.18 Å². The molecule has 3 amide bonds. The molecule has 6 heteroatoms. The fourth-order valence-electron chi connectivity index (χ4n) is 2.70. The Kier molecular flexibility index (Phi) is 4.46. The molecule has 124 valence electrons. The fraction of sp³-hybridized carbons (Fsp3) is 0.222. The van der Waals surface area contributed by atoms with Crippen LogP contribution in [0.2, 0.25) is 0 Å². The van der Waals surface area contributed by atoms with Crippen molar-refractivity contribution >= 4 is 17.6 Å². The number of carbonyl (C=O) groups excluding carboxylic acids is 2. The monoisotopic (exact) mass is 327 g/mol. The summed E-state index contributed by atoms with van der Waals surface area (Å²) in [6.07, 6.45) is 0. The minimum Gasteiger partial charge on any atom is -0.337 e. The van der Waals surface area contributed by atoms with E-state index in [1.165, 1.54) is 17.0 Å². The van der Waals surface area contributed by atoms with Crippen LogP contribution < -0.4 is 10.2 Å². The maximum atomic E-state index is 13.2. The number of benzene rings is 2. The molecule has 1 heterocycles. The van der Waals surface area contributed by atoms with E-state index in [9.17, 15) is 14.0 Å². The third-order valence-electron chi connectivity index (χ3n) is 3.94. The molecule has 2 aromatic carbocycles. The first-order valence-electron chi connectivity index (χ1n) is 7.70. The second-order valence-corrected chi connectivity index (χ2v) is 5.72. The van der Waals surface area contributed by atoms with Crippen LogP contribution in [0.4, 0.5) is 14.9 Å². The molecule has 0 unspecified atom stereocenters. The zero-order valence-corrected chi connectivity index (χ0v) is 13.3. The minimum atomic E-state index is -0.318. The highest BCUT2D eigenvalue weighted by atomic mass is 19.1. The van der Waals surface area contributed by atoms with E-state index in [-0.39, 0.29) is 17.8 Å². The first kappa shape index (κ1) is 16.0. The summed E-state index contributed by atoms with van der Waals surface area (Å²) < 4.78 is 13.2. The first-order chi connectivity index (χ1) is 11.5. The van der Waals surface area contributed by atoms with E-state index in [2.05, 4.69) is 5.32 Å². The lowest BCUT2D eigenvalue weighted by Crippen LogP contribution is -2.28.